The molecule has 0 aromatic heterocycles. The van der Waals surface area contributed by atoms with E-state index in [4.69, 9.17) is 10.2 Å². The van der Waals surface area contributed by atoms with Crippen LogP contribution in [0.4, 0.5) is 0 Å². The van der Waals surface area contributed by atoms with Gasteiger partial charge in [0.05, 0.1) is 6.42 Å². The van der Waals surface area contributed by atoms with E-state index < -0.39 is 24.4 Å². The van der Waals surface area contributed by atoms with E-state index >= 15 is 0 Å². The Morgan fingerprint density at radius 3 is 1.91 bits per heavy atom. The molecule has 122 valence electrons. The van der Waals surface area contributed by atoms with E-state index in [2.05, 4.69) is 5.32 Å². The highest BCUT2D eigenvalue weighted by Crippen LogP contribution is 2.61. The van der Waals surface area contributed by atoms with Gasteiger partial charge in [0.25, 0.3) is 0 Å². The van der Waals surface area contributed by atoms with Crippen LogP contribution in [-0.4, -0.2) is 34.1 Å². The highest BCUT2D eigenvalue weighted by atomic mass is 16.4. The molecule has 4 rings (SSSR count). The summed E-state index contributed by atoms with van der Waals surface area (Å²) >= 11 is 0. The summed E-state index contributed by atoms with van der Waals surface area (Å²) in [5.74, 6) is -0.630. The Hall–Kier alpha value is -1.59. The third kappa shape index (κ3) is 3.10. The smallest absolute Gasteiger partial charge is 0.326 e. The quantitative estimate of drug-likeness (QED) is 0.692. The van der Waals surface area contributed by atoms with E-state index in [9.17, 15) is 14.4 Å². The van der Waals surface area contributed by atoms with Crippen LogP contribution in [0.5, 0.6) is 0 Å². The lowest BCUT2D eigenvalue weighted by molar-refractivity contribution is -0.148. The van der Waals surface area contributed by atoms with Gasteiger partial charge < -0.3 is 15.5 Å². The maximum atomic E-state index is 12.3. The van der Waals surface area contributed by atoms with Crippen molar-refractivity contribution >= 4 is 17.8 Å². The molecule has 0 aromatic carbocycles. The van der Waals surface area contributed by atoms with Crippen LogP contribution in [0.3, 0.4) is 0 Å². The average molecular weight is 309 g/mol. The van der Waals surface area contributed by atoms with E-state index in [1.165, 1.54) is 19.3 Å². The number of aliphatic carboxylic acids is 2. The SMILES string of the molecule is O=C(O)CC(NC(=O)CC12CC3CC(CC(C3)C1)C2)C(=O)O. The van der Waals surface area contributed by atoms with Gasteiger partial charge in [0.15, 0.2) is 0 Å². The van der Waals surface area contributed by atoms with Crippen molar-refractivity contribution in [3.63, 3.8) is 0 Å². The Balaban J connectivity index is 1.61. The number of carbonyl (C=O) groups is 3. The molecule has 22 heavy (non-hydrogen) atoms. The van der Waals surface area contributed by atoms with Crippen LogP contribution in [0.1, 0.15) is 51.4 Å². The van der Waals surface area contributed by atoms with Crippen molar-refractivity contribution in [1.29, 1.82) is 0 Å². The molecule has 4 saturated carbocycles. The van der Waals surface area contributed by atoms with Crippen molar-refractivity contribution in [3.8, 4) is 0 Å². The van der Waals surface area contributed by atoms with Crippen molar-refractivity contribution in [1.82, 2.24) is 5.32 Å². The van der Waals surface area contributed by atoms with Crippen molar-refractivity contribution in [2.24, 2.45) is 23.2 Å². The number of hydrogen-bond acceptors (Lipinski definition) is 3. The molecule has 6 heteroatoms. The molecule has 0 radical (unpaired) electrons. The second kappa shape index (κ2) is 5.56. The Morgan fingerprint density at radius 1 is 1.00 bits per heavy atom. The lowest BCUT2D eigenvalue weighted by Gasteiger charge is -2.56. The number of nitrogens with one attached hydrogen (secondary N) is 1. The van der Waals surface area contributed by atoms with Gasteiger partial charge in [-0.15, -0.1) is 0 Å². The predicted octanol–water partition coefficient (Wildman–Crippen LogP) is 1.64. The van der Waals surface area contributed by atoms with Gasteiger partial charge in [0, 0.05) is 6.42 Å². The minimum atomic E-state index is -1.33. The molecule has 1 amide bonds. The molecular weight excluding hydrogens is 286 g/mol. The molecule has 0 saturated heterocycles. The molecule has 3 N–H and O–H groups in total. The van der Waals surface area contributed by atoms with Crippen LogP contribution >= 0.6 is 0 Å². The van der Waals surface area contributed by atoms with Crippen LogP contribution in [0.25, 0.3) is 0 Å². The summed E-state index contributed by atoms with van der Waals surface area (Å²) in [6, 6.07) is -1.33. The minimum absolute atomic E-state index is 0.0328. The second-order valence-electron chi connectivity index (χ2n) is 7.65. The first kappa shape index (κ1) is 15.3. The lowest BCUT2D eigenvalue weighted by Crippen LogP contribution is -2.50. The van der Waals surface area contributed by atoms with E-state index in [0.717, 1.165) is 37.0 Å². The summed E-state index contributed by atoms with van der Waals surface area (Å²) in [5, 5.41) is 20.2. The molecule has 6 nitrogen and oxygen atoms in total. The number of amides is 1. The largest absolute Gasteiger partial charge is 0.481 e. The molecule has 1 unspecified atom stereocenters. The van der Waals surface area contributed by atoms with Crippen LogP contribution in [0.2, 0.25) is 0 Å². The van der Waals surface area contributed by atoms with Crippen molar-refractivity contribution in [2.45, 2.75) is 57.4 Å². The lowest BCUT2D eigenvalue weighted by atomic mass is 9.49. The third-order valence-corrected chi connectivity index (χ3v) is 5.71. The van der Waals surface area contributed by atoms with Crippen LogP contribution < -0.4 is 5.32 Å². The predicted molar refractivity (Wildman–Crippen MR) is 77.0 cm³/mol. The third-order valence-electron chi connectivity index (χ3n) is 5.71. The molecule has 1 atom stereocenters. The topological polar surface area (TPSA) is 104 Å². The Morgan fingerprint density at radius 2 is 1.50 bits per heavy atom. The molecular formula is C16H23NO5. The number of carbonyl (C=O) groups excluding carboxylic acids is 1. The zero-order valence-corrected chi connectivity index (χ0v) is 12.6. The van der Waals surface area contributed by atoms with Gasteiger partial charge in [-0.25, -0.2) is 4.79 Å². The number of carboxylic acid groups (broad SMARTS) is 2. The van der Waals surface area contributed by atoms with Gasteiger partial charge in [-0.05, 0) is 61.7 Å². The molecule has 0 spiro atoms. The Bertz CT molecular complexity index is 465. The van der Waals surface area contributed by atoms with Crippen molar-refractivity contribution < 1.29 is 24.6 Å². The van der Waals surface area contributed by atoms with Gasteiger partial charge in [-0.2, -0.15) is 0 Å². The van der Waals surface area contributed by atoms with E-state index in [0.29, 0.717) is 6.42 Å². The molecule has 4 bridgehead atoms. The fraction of sp³-hybridized carbons (Fsp3) is 0.812. The van der Waals surface area contributed by atoms with Gasteiger partial charge in [0.1, 0.15) is 6.04 Å². The first-order valence-electron chi connectivity index (χ1n) is 8.09. The summed E-state index contributed by atoms with van der Waals surface area (Å²) < 4.78 is 0. The maximum Gasteiger partial charge on any atom is 0.326 e. The van der Waals surface area contributed by atoms with E-state index in [-0.39, 0.29) is 11.3 Å². The zero-order valence-electron chi connectivity index (χ0n) is 12.6. The highest BCUT2D eigenvalue weighted by molar-refractivity contribution is 5.87. The first-order chi connectivity index (χ1) is 10.3. The van der Waals surface area contributed by atoms with Gasteiger partial charge in [-0.3, -0.25) is 9.59 Å². The summed E-state index contributed by atoms with van der Waals surface area (Å²) in [6.45, 7) is 0. The number of rotatable bonds is 6. The summed E-state index contributed by atoms with van der Waals surface area (Å²) in [6.07, 6.45) is 6.85. The molecule has 0 heterocycles. The zero-order chi connectivity index (χ0) is 15.9. The monoisotopic (exact) mass is 309 g/mol. The molecule has 4 aliphatic carbocycles. The fourth-order valence-corrected chi connectivity index (χ4v) is 5.47. The van der Waals surface area contributed by atoms with Gasteiger partial charge in [-0.1, -0.05) is 0 Å². The number of hydrogen-bond donors (Lipinski definition) is 3. The van der Waals surface area contributed by atoms with E-state index in [1.54, 1.807) is 0 Å². The normalized spacial score (nSPS) is 36.8. The summed E-state index contributed by atoms with van der Waals surface area (Å²) in [5.41, 5.74) is 0.0328. The molecule has 4 fully saturated rings. The molecule has 0 aromatic rings. The van der Waals surface area contributed by atoms with Crippen LogP contribution in [0.15, 0.2) is 0 Å². The number of carboxylic acids is 2. The van der Waals surface area contributed by atoms with Crippen molar-refractivity contribution in [3.05, 3.63) is 0 Å². The standard InChI is InChI=1S/C16H23NO5/c18-13(17-12(15(21)22)4-14(19)20)8-16-5-9-1-10(6-16)3-11(2-9)7-16/h9-12H,1-8H2,(H,17,18)(H,19,20)(H,21,22). The Kier molecular flexibility index (Phi) is 3.87. The molecule has 4 aliphatic rings. The second-order valence-corrected chi connectivity index (χ2v) is 7.65. The molecule has 0 aliphatic heterocycles. The first-order valence-corrected chi connectivity index (χ1v) is 8.09. The van der Waals surface area contributed by atoms with E-state index in [1.807, 2.05) is 0 Å². The van der Waals surface area contributed by atoms with Crippen LogP contribution in [0, 0.1) is 23.2 Å². The minimum Gasteiger partial charge on any atom is -0.481 e. The van der Waals surface area contributed by atoms with Crippen molar-refractivity contribution in [2.75, 3.05) is 0 Å². The Labute approximate surface area is 129 Å². The summed E-state index contributed by atoms with van der Waals surface area (Å²) in [7, 11) is 0. The van der Waals surface area contributed by atoms with Gasteiger partial charge in [0.2, 0.25) is 5.91 Å². The van der Waals surface area contributed by atoms with Crippen LogP contribution in [-0.2, 0) is 14.4 Å². The van der Waals surface area contributed by atoms with Gasteiger partial charge >= 0.3 is 11.9 Å². The summed E-state index contributed by atoms with van der Waals surface area (Å²) in [4.78, 5) is 34.0. The highest BCUT2D eigenvalue weighted by Gasteiger charge is 2.51. The average Bonchev–Trinajstić information content (AvgIpc) is 2.34. The maximum absolute atomic E-state index is 12.3. The fourth-order valence-electron chi connectivity index (χ4n) is 5.47.